The molecule has 1 heterocycles. The molecule has 1 amide bonds. The van der Waals surface area contributed by atoms with Crippen molar-refractivity contribution >= 4 is 40.7 Å². The number of carboxylic acid groups (broad SMARTS) is 1. The van der Waals surface area contributed by atoms with Gasteiger partial charge in [0.1, 0.15) is 5.76 Å². The summed E-state index contributed by atoms with van der Waals surface area (Å²) >= 11 is 5.85. The lowest BCUT2D eigenvalue weighted by molar-refractivity contribution is -0.384. The van der Waals surface area contributed by atoms with Gasteiger partial charge in [0, 0.05) is 29.3 Å². The van der Waals surface area contributed by atoms with Crippen LogP contribution in [0.3, 0.4) is 0 Å². The van der Waals surface area contributed by atoms with Gasteiger partial charge in [-0.1, -0.05) is 23.7 Å². The van der Waals surface area contributed by atoms with Crippen LogP contribution in [0.15, 0.2) is 54.1 Å². The number of aliphatic hydroxyl groups is 1. The average molecular weight is 431 g/mol. The Bertz CT molecular complexity index is 1080. The van der Waals surface area contributed by atoms with E-state index < -0.39 is 40.8 Å². The van der Waals surface area contributed by atoms with Gasteiger partial charge in [0.2, 0.25) is 0 Å². The van der Waals surface area contributed by atoms with E-state index in [1.54, 1.807) is 0 Å². The molecule has 1 saturated heterocycles. The summed E-state index contributed by atoms with van der Waals surface area (Å²) < 4.78 is 0. The summed E-state index contributed by atoms with van der Waals surface area (Å²) in [6.07, 6.45) is -0.445. The number of amides is 1. The number of likely N-dealkylation sites (tertiary alicyclic amines) is 1. The molecule has 1 atom stereocenters. The molecule has 0 aromatic heterocycles. The Labute approximate surface area is 175 Å². The number of carbonyl (C=O) groups excluding carboxylic acids is 2. The van der Waals surface area contributed by atoms with Crippen molar-refractivity contribution in [3.8, 4) is 0 Å². The molecule has 3 rings (SSSR count). The number of rotatable bonds is 6. The van der Waals surface area contributed by atoms with Gasteiger partial charge in [0.25, 0.3) is 17.4 Å². The van der Waals surface area contributed by atoms with Gasteiger partial charge in [0.05, 0.1) is 23.0 Å². The minimum Gasteiger partial charge on any atom is -0.507 e. The van der Waals surface area contributed by atoms with Crippen LogP contribution >= 0.6 is 11.6 Å². The highest BCUT2D eigenvalue weighted by atomic mass is 35.5. The van der Waals surface area contributed by atoms with E-state index >= 15 is 0 Å². The number of aliphatic carboxylic acids is 1. The van der Waals surface area contributed by atoms with Crippen molar-refractivity contribution in [2.24, 2.45) is 0 Å². The van der Waals surface area contributed by atoms with Gasteiger partial charge in [-0.15, -0.1) is 0 Å². The first-order valence-corrected chi connectivity index (χ1v) is 9.09. The predicted octanol–water partition coefficient (Wildman–Crippen LogP) is 3.14. The number of ketones is 1. The van der Waals surface area contributed by atoms with Crippen molar-refractivity contribution in [1.29, 1.82) is 0 Å². The maximum absolute atomic E-state index is 12.7. The number of carbonyl (C=O) groups is 3. The summed E-state index contributed by atoms with van der Waals surface area (Å²) in [5.41, 5.74) is -0.147. The summed E-state index contributed by atoms with van der Waals surface area (Å²) in [6, 6.07) is 9.96. The van der Waals surface area contributed by atoms with Gasteiger partial charge in [-0.2, -0.15) is 0 Å². The van der Waals surface area contributed by atoms with Gasteiger partial charge in [-0.25, -0.2) is 0 Å². The van der Waals surface area contributed by atoms with Crippen LogP contribution in [0.5, 0.6) is 0 Å². The summed E-state index contributed by atoms with van der Waals surface area (Å²) in [4.78, 5) is 47.9. The minimum atomic E-state index is -1.19. The molecule has 2 aromatic rings. The van der Waals surface area contributed by atoms with E-state index in [4.69, 9.17) is 16.7 Å². The second-order valence-electron chi connectivity index (χ2n) is 6.50. The summed E-state index contributed by atoms with van der Waals surface area (Å²) in [7, 11) is 0. The Balaban J connectivity index is 2.19. The fourth-order valence-corrected chi connectivity index (χ4v) is 3.37. The number of nitrogens with zero attached hydrogens (tertiary/aromatic N) is 2. The molecular weight excluding hydrogens is 416 g/mol. The maximum atomic E-state index is 12.7. The van der Waals surface area contributed by atoms with Crippen molar-refractivity contribution in [1.82, 2.24) is 4.90 Å². The SMILES string of the molecule is O=C(O)CCN1C(=O)C(=O)C(=C(O)c2ccc(Cl)cc2)[C@@H]1c1cccc([N+](=O)[O-])c1. The van der Waals surface area contributed by atoms with Crippen LogP contribution in [0, 0.1) is 10.1 Å². The number of hydrogen-bond acceptors (Lipinski definition) is 6. The van der Waals surface area contributed by atoms with E-state index in [2.05, 4.69) is 0 Å². The lowest BCUT2D eigenvalue weighted by atomic mass is 9.95. The highest BCUT2D eigenvalue weighted by Gasteiger charge is 2.46. The van der Waals surface area contributed by atoms with Crippen molar-refractivity contribution in [3.05, 3.63) is 80.4 Å². The molecule has 0 saturated carbocycles. The zero-order chi connectivity index (χ0) is 22.0. The highest BCUT2D eigenvalue weighted by molar-refractivity contribution is 6.46. The third-order valence-corrected chi connectivity index (χ3v) is 4.87. The number of nitro groups is 1. The monoisotopic (exact) mass is 430 g/mol. The molecule has 1 fully saturated rings. The van der Waals surface area contributed by atoms with E-state index in [-0.39, 0.29) is 28.9 Å². The number of aliphatic hydroxyl groups excluding tert-OH is 1. The zero-order valence-electron chi connectivity index (χ0n) is 15.3. The molecule has 1 aliphatic rings. The summed E-state index contributed by atoms with van der Waals surface area (Å²) in [5.74, 6) is -3.68. The number of carboxylic acids is 1. The lowest BCUT2D eigenvalue weighted by Crippen LogP contribution is -2.31. The van der Waals surface area contributed by atoms with Gasteiger partial charge in [-0.3, -0.25) is 24.5 Å². The van der Waals surface area contributed by atoms with Gasteiger partial charge < -0.3 is 15.1 Å². The molecule has 154 valence electrons. The van der Waals surface area contributed by atoms with Gasteiger partial charge >= 0.3 is 5.97 Å². The molecule has 2 aromatic carbocycles. The first-order chi connectivity index (χ1) is 14.2. The standard InChI is InChI=1S/C20H15ClN2O7/c21-13-6-4-11(5-7-13)18(26)16-17(12-2-1-3-14(10-12)23(29)30)22(9-8-15(24)25)20(28)19(16)27/h1-7,10,17,26H,8-9H2,(H,24,25)/t17-/m0/s1. The number of benzene rings is 2. The van der Waals surface area contributed by atoms with Crippen molar-refractivity contribution in [2.75, 3.05) is 6.54 Å². The van der Waals surface area contributed by atoms with Gasteiger partial charge in [0.15, 0.2) is 0 Å². The van der Waals surface area contributed by atoms with Crippen LogP contribution < -0.4 is 0 Å². The zero-order valence-corrected chi connectivity index (χ0v) is 16.1. The van der Waals surface area contributed by atoms with Crippen LogP contribution in [0.25, 0.3) is 5.76 Å². The van der Waals surface area contributed by atoms with Crippen LogP contribution in [-0.2, 0) is 14.4 Å². The lowest BCUT2D eigenvalue weighted by Gasteiger charge is -2.24. The highest BCUT2D eigenvalue weighted by Crippen LogP contribution is 2.40. The number of nitro benzene ring substituents is 1. The Kier molecular flexibility index (Phi) is 5.84. The summed E-state index contributed by atoms with van der Waals surface area (Å²) in [5, 5.41) is 31.3. The minimum absolute atomic E-state index is 0.198. The van der Waals surface area contributed by atoms with E-state index in [0.29, 0.717) is 5.02 Å². The van der Waals surface area contributed by atoms with Crippen LogP contribution in [0.2, 0.25) is 5.02 Å². The first kappa shape index (κ1) is 21.0. The number of Topliss-reactive ketones (excluding diaryl/α,β-unsaturated/α-hetero) is 1. The molecule has 0 spiro atoms. The molecule has 10 heteroatoms. The Morgan fingerprint density at radius 3 is 2.40 bits per heavy atom. The van der Waals surface area contributed by atoms with Crippen LogP contribution in [0.4, 0.5) is 5.69 Å². The molecule has 0 bridgehead atoms. The second-order valence-corrected chi connectivity index (χ2v) is 6.93. The van der Waals surface area contributed by atoms with E-state index in [1.807, 2.05) is 0 Å². The Morgan fingerprint density at radius 2 is 1.80 bits per heavy atom. The van der Waals surface area contributed by atoms with Gasteiger partial charge in [-0.05, 0) is 29.8 Å². The third kappa shape index (κ3) is 4.01. The number of non-ortho nitro benzene ring substituents is 1. The maximum Gasteiger partial charge on any atom is 0.305 e. The molecule has 0 radical (unpaired) electrons. The quantitative estimate of drug-likeness (QED) is 0.236. The molecule has 2 N–H and O–H groups in total. The van der Waals surface area contributed by atoms with Crippen LogP contribution in [0.1, 0.15) is 23.6 Å². The number of hydrogen-bond donors (Lipinski definition) is 2. The van der Waals surface area contributed by atoms with Crippen molar-refractivity contribution in [3.63, 3.8) is 0 Å². The fourth-order valence-electron chi connectivity index (χ4n) is 3.24. The normalized spacial score (nSPS) is 17.9. The summed E-state index contributed by atoms with van der Waals surface area (Å²) in [6.45, 7) is -0.315. The molecule has 30 heavy (non-hydrogen) atoms. The van der Waals surface area contributed by atoms with E-state index in [0.717, 1.165) is 4.90 Å². The predicted molar refractivity (Wildman–Crippen MR) is 106 cm³/mol. The van der Waals surface area contributed by atoms with Crippen molar-refractivity contribution in [2.45, 2.75) is 12.5 Å². The Hall–Kier alpha value is -3.72. The van der Waals surface area contributed by atoms with Crippen molar-refractivity contribution < 1.29 is 29.5 Å². The largest absolute Gasteiger partial charge is 0.507 e. The molecule has 0 aliphatic carbocycles. The van der Waals surface area contributed by atoms with E-state index in [9.17, 15) is 29.6 Å². The molecule has 0 unspecified atom stereocenters. The fraction of sp³-hybridized carbons (Fsp3) is 0.150. The first-order valence-electron chi connectivity index (χ1n) is 8.71. The number of halogens is 1. The third-order valence-electron chi connectivity index (χ3n) is 4.62. The molecular formula is C20H15ClN2O7. The average Bonchev–Trinajstić information content (AvgIpc) is 2.97. The van der Waals surface area contributed by atoms with Crippen LogP contribution in [-0.4, -0.2) is 44.2 Å². The second kappa shape index (κ2) is 8.34. The topological polar surface area (TPSA) is 138 Å². The molecule has 9 nitrogen and oxygen atoms in total. The molecule has 1 aliphatic heterocycles. The smallest absolute Gasteiger partial charge is 0.305 e. The van der Waals surface area contributed by atoms with E-state index in [1.165, 1.54) is 48.5 Å². The Morgan fingerprint density at radius 1 is 1.13 bits per heavy atom.